The van der Waals surface area contributed by atoms with Gasteiger partial charge < -0.3 is 10.6 Å². The van der Waals surface area contributed by atoms with Crippen LogP contribution < -0.4 is 10.6 Å². The second-order valence-corrected chi connectivity index (χ2v) is 7.14. The van der Waals surface area contributed by atoms with Crippen LogP contribution in [-0.4, -0.2) is 40.9 Å². The lowest BCUT2D eigenvalue weighted by Crippen LogP contribution is -2.41. The van der Waals surface area contributed by atoms with Gasteiger partial charge in [-0.2, -0.15) is 18.3 Å². The summed E-state index contributed by atoms with van der Waals surface area (Å²) in [6, 6.07) is 4.88. The lowest BCUT2D eigenvalue weighted by molar-refractivity contribution is -0.137. The first-order chi connectivity index (χ1) is 13.2. The highest BCUT2D eigenvalue weighted by molar-refractivity contribution is 6.35. The van der Waals surface area contributed by atoms with E-state index in [-0.39, 0.29) is 11.5 Å². The Morgan fingerprint density at radius 1 is 1.21 bits per heavy atom. The fourth-order valence-corrected chi connectivity index (χ4v) is 3.13. The van der Waals surface area contributed by atoms with Gasteiger partial charge in [-0.3, -0.25) is 9.59 Å². The second kappa shape index (κ2) is 8.00. The van der Waals surface area contributed by atoms with Gasteiger partial charge >= 0.3 is 6.18 Å². The van der Waals surface area contributed by atoms with Crippen molar-refractivity contribution in [2.75, 3.05) is 13.1 Å². The number of nitrogens with one attached hydrogen (secondary N) is 2. The van der Waals surface area contributed by atoms with Crippen LogP contribution in [0.15, 0.2) is 24.4 Å². The Morgan fingerprint density at radius 2 is 1.93 bits per heavy atom. The van der Waals surface area contributed by atoms with E-state index >= 15 is 0 Å². The van der Waals surface area contributed by atoms with Gasteiger partial charge in [-0.1, -0.05) is 23.2 Å². The van der Waals surface area contributed by atoms with E-state index in [2.05, 4.69) is 10.4 Å². The van der Waals surface area contributed by atoms with E-state index < -0.39 is 31.1 Å². The molecule has 1 aromatic carbocycles. The molecule has 150 valence electrons. The molecular formula is C17H15Cl2F3N4O2. The smallest absolute Gasteiger partial charge is 0.345 e. The minimum Gasteiger partial charge on any atom is -0.345 e. The van der Waals surface area contributed by atoms with Crippen molar-refractivity contribution in [2.45, 2.75) is 24.9 Å². The highest BCUT2D eigenvalue weighted by Crippen LogP contribution is 2.43. The van der Waals surface area contributed by atoms with Gasteiger partial charge in [-0.25, -0.2) is 4.68 Å². The Kier molecular flexibility index (Phi) is 5.85. The number of benzene rings is 1. The first-order valence-electron chi connectivity index (χ1n) is 8.30. The fraction of sp³-hybridized carbons (Fsp3) is 0.353. The van der Waals surface area contributed by atoms with Crippen LogP contribution in [-0.2, 0) is 4.79 Å². The normalized spacial score (nSPS) is 14.0. The molecule has 0 bridgehead atoms. The van der Waals surface area contributed by atoms with E-state index in [0.717, 1.165) is 12.8 Å². The van der Waals surface area contributed by atoms with E-state index in [0.29, 0.717) is 21.4 Å². The predicted molar refractivity (Wildman–Crippen MR) is 97.0 cm³/mol. The SMILES string of the molecule is O=C(CNC(=O)c1cnn(-c2ccc(Cl)cc2Cl)c1C1CC1)NCC(F)(F)F. The number of halogens is 5. The predicted octanol–water partition coefficient (Wildman–Crippen LogP) is 3.46. The number of hydrogen-bond donors (Lipinski definition) is 2. The van der Waals surface area contributed by atoms with Crippen molar-refractivity contribution < 1.29 is 22.8 Å². The molecule has 1 aliphatic carbocycles. The standard InChI is InChI=1S/C17H15Cl2F3N4O2/c18-10-3-4-13(12(19)5-10)26-15(9-1-2-9)11(6-25-26)16(28)23-7-14(27)24-8-17(20,21)22/h3-6,9H,1-2,7-8H2,(H,23,28)(H,24,27). The maximum absolute atomic E-state index is 12.5. The van der Waals surface area contributed by atoms with E-state index in [4.69, 9.17) is 23.2 Å². The molecule has 0 spiro atoms. The molecule has 2 amide bonds. The van der Waals surface area contributed by atoms with Gasteiger partial charge in [0.25, 0.3) is 5.91 Å². The number of rotatable bonds is 6. The first kappa shape index (κ1) is 20.5. The van der Waals surface area contributed by atoms with E-state index in [9.17, 15) is 22.8 Å². The summed E-state index contributed by atoms with van der Waals surface area (Å²) >= 11 is 12.1. The summed E-state index contributed by atoms with van der Waals surface area (Å²) in [6.45, 7) is -2.03. The highest BCUT2D eigenvalue weighted by atomic mass is 35.5. The zero-order valence-electron chi connectivity index (χ0n) is 14.3. The van der Waals surface area contributed by atoms with Gasteiger partial charge in [0.1, 0.15) is 6.54 Å². The molecule has 0 aliphatic heterocycles. The van der Waals surface area contributed by atoms with Crippen molar-refractivity contribution >= 4 is 35.0 Å². The number of carbonyl (C=O) groups is 2. The van der Waals surface area contributed by atoms with Crippen LogP contribution in [0.25, 0.3) is 5.69 Å². The van der Waals surface area contributed by atoms with E-state index in [1.165, 1.54) is 6.20 Å². The second-order valence-electron chi connectivity index (χ2n) is 6.30. The van der Waals surface area contributed by atoms with Gasteiger partial charge in [0.15, 0.2) is 0 Å². The number of aromatic nitrogens is 2. The van der Waals surface area contributed by atoms with Gasteiger partial charge in [-0.15, -0.1) is 0 Å². The fourth-order valence-electron chi connectivity index (χ4n) is 2.64. The number of nitrogens with zero attached hydrogens (tertiary/aromatic N) is 2. The lowest BCUT2D eigenvalue weighted by Gasteiger charge is -2.11. The third kappa shape index (κ3) is 4.96. The molecule has 1 heterocycles. The summed E-state index contributed by atoms with van der Waals surface area (Å²) < 4.78 is 37.9. The van der Waals surface area contributed by atoms with Crippen LogP contribution in [0.5, 0.6) is 0 Å². The molecule has 0 atom stereocenters. The van der Waals surface area contributed by atoms with Gasteiger partial charge in [0.2, 0.25) is 5.91 Å². The first-order valence-corrected chi connectivity index (χ1v) is 9.06. The zero-order chi connectivity index (χ0) is 20.5. The molecule has 0 radical (unpaired) electrons. The minimum atomic E-state index is -4.52. The summed E-state index contributed by atoms with van der Waals surface area (Å²) in [7, 11) is 0. The van der Waals surface area contributed by atoms with Crippen molar-refractivity contribution in [3.8, 4) is 5.69 Å². The number of alkyl halides is 3. The molecule has 2 aromatic rings. The van der Waals surface area contributed by atoms with Gasteiger partial charge in [-0.05, 0) is 31.0 Å². The van der Waals surface area contributed by atoms with Gasteiger partial charge in [0.05, 0.1) is 34.7 Å². The Balaban J connectivity index is 1.75. The molecule has 1 saturated carbocycles. The van der Waals surface area contributed by atoms with Crippen molar-refractivity contribution in [1.29, 1.82) is 0 Å². The van der Waals surface area contributed by atoms with E-state index in [1.54, 1.807) is 28.2 Å². The van der Waals surface area contributed by atoms with Crippen LogP contribution in [0.2, 0.25) is 10.0 Å². The summed E-state index contributed by atoms with van der Waals surface area (Å²) in [5, 5.41) is 9.06. The molecule has 6 nitrogen and oxygen atoms in total. The Hall–Kier alpha value is -2.26. The number of carbonyl (C=O) groups excluding carboxylic acids is 2. The molecule has 2 N–H and O–H groups in total. The largest absolute Gasteiger partial charge is 0.405 e. The molecule has 28 heavy (non-hydrogen) atoms. The lowest BCUT2D eigenvalue weighted by atomic mass is 10.1. The van der Waals surface area contributed by atoms with Crippen LogP contribution in [0.4, 0.5) is 13.2 Å². The van der Waals surface area contributed by atoms with E-state index in [1.807, 2.05) is 0 Å². The molecule has 1 aliphatic rings. The van der Waals surface area contributed by atoms with Crippen LogP contribution >= 0.6 is 23.2 Å². The van der Waals surface area contributed by atoms with Crippen molar-refractivity contribution in [2.24, 2.45) is 0 Å². The third-order valence-corrected chi connectivity index (χ3v) is 4.59. The monoisotopic (exact) mass is 434 g/mol. The Morgan fingerprint density at radius 3 is 2.54 bits per heavy atom. The van der Waals surface area contributed by atoms with Crippen molar-refractivity contribution in [3.63, 3.8) is 0 Å². The third-order valence-electron chi connectivity index (χ3n) is 4.05. The molecular weight excluding hydrogens is 420 g/mol. The highest BCUT2D eigenvalue weighted by Gasteiger charge is 2.33. The van der Waals surface area contributed by atoms with Crippen LogP contribution in [0.3, 0.4) is 0 Å². The number of amides is 2. The topological polar surface area (TPSA) is 76.0 Å². The summed E-state index contributed by atoms with van der Waals surface area (Å²) in [5.41, 5.74) is 1.43. The molecule has 11 heteroatoms. The molecule has 0 saturated heterocycles. The Bertz CT molecular complexity index is 910. The summed E-state index contributed by atoms with van der Waals surface area (Å²) in [6.07, 6.45) is -1.44. The quantitative estimate of drug-likeness (QED) is 0.730. The zero-order valence-corrected chi connectivity index (χ0v) is 15.8. The van der Waals surface area contributed by atoms with Gasteiger partial charge in [0, 0.05) is 10.9 Å². The molecule has 1 fully saturated rings. The molecule has 3 rings (SSSR count). The van der Waals surface area contributed by atoms with Crippen molar-refractivity contribution in [1.82, 2.24) is 20.4 Å². The molecule has 1 aromatic heterocycles. The number of hydrogen-bond acceptors (Lipinski definition) is 3. The van der Waals surface area contributed by atoms with Crippen molar-refractivity contribution in [3.05, 3.63) is 45.7 Å². The maximum Gasteiger partial charge on any atom is 0.405 e. The molecule has 0 unspecified atom stereocenters. The average molecular weight is 435 g/mol. The minimum absolute atomic E-state index is 0.106. The average Bonchev–Trinajstić information content (AvgIpc) is 3.36. The van der Waals surface area contributed by atoms with Crippen LogP contribution in [0, 0.1) is 0 Å². The summed E-state index contributed by atoms with van der Waals surface area (Å²) in [4.78, 5) is 23.9. The summed E-state index contributed by atoms with van der Waals surface area (Å²) in [5.74, 6) is -1.43. The maximum atomic E-state index is 12.5. The van der Waals surface area contributed by atoms with Crippen LogP contribution in [0.1, 0.15) is 34.8 Å². The Labute approximate surface area is 168 Å².